The average molecular weight is 242 g/mol. The second-order valence-electron chi connectivity index (χ2n) is 5.05. The van der Waals surface area contributed by atoms with E-state index < -0.39 is 11.4 Å². The molecule has 0 atom stereocenters. The van der Waals surface area contributed by atoms with E-state index in [1.165, 1.54) is 0 Å². The summed E-state index contributed by atoms with van der Waals surface area (Å²) in [5, 5.41) is 21.2. The molecule has 0 unspecified atom stereocenters. The molecule has 0 radical (unpaired) electrons. The Morgan fingerprint density at radius 2 is 1.89 bits per heavy atom. The van der Waals surface area contributed by atoms with E-state index in [0.717, 1.165) is 16.3 Å². The third kappa shape index (κ3) is 1.63. The van der Waals surface area contributed by atoms with Gasteiger partial charge in [0.05, 0.1) is 5.41 Å². The van der Waals surface area contributed by atoms with Crippen LogP contribution in [0.3, 0.4) is 0 Å². The molecule has 0 heterocycles. The molecule has 1 aliphatic carbocycles. The molecular weight excluding hydrogens is 228 g/mol. The van der Waals surface area contributed by atoms with Gasteiger partial charge >= 0.3 is 5.97 Å². The van der Waals surface area contributed by atoms with Crippen molar-refractivity contribution in [1.29, 1.82) is 0 Å². The van der Waals surface area contributed by atoms with Crippen molar-refractivity contribution in [3.63, 3.8) is 0 Å². The van der Waals surface area contributed by atoms with Gasteiger partial charge in [0, 0.05) is 5.56 Å². The van der Waals surface area contributed by atoms with E-state index in [0.29, 0.717) is 19.3 Å². The molecule has 3 heteroatoms. The van der Waals surface area contributed by atoms with Gasteiger partial charge in [-0.3, -0.25) is 4.79 Å². The van der Waals surface area contributed by atoms with Crippen molar-refractivity contribution in [2.45, 2.75) is 19.3 Å². The van der Waals surface area contributed by atoms with Gasteiger partial charge in [-0.25, -0.2) is 0 Å². The van der Waals surface area contributed by atoms with E-state index in [1.54, 1.807) is 6.07 Å². The molecule has 2 aromatic rings. The van der Waals surface area contributed by atoms with Crippen LogP contribution < -0.4 is 0 Å². The largest absolute Gasteiger partial charge is 0.508 e. The zero-order chi connectivity index (χ0) is 12.8. The first kappa shape index (κ1) is 11.1. The Bertz CT molecular complexity index is 627. The molecule has 1 aliphatic rings. The SMILES string of the molecule is O=C(O)C1(Cc2c(O)ccc3ccccc23)CC1. The van der Waals surface area contributed by atoms with E-state index in [2.05, 4.69) is 0 Å². The summed E-state index contributed by atoms with van der Waals surface area (Å²) in [6.07, 6.45) is 1.81. The van der Waals surface area contributed by atoms with Gasteiger partial charge in [0.25, 0.3) is 0 Å². The summed E-state index contributed by atoms with van der Waals surface area (Å²) in [6, 6.07) is 11.3. The first-order valence-electron chi connectivity index (χ1n) is 6.05. The van der Waals surface area contributed by atoms with Gasteiger partial charge in [0.2, 0.25) is 0 Å². The highest BCUT2D eigenvalue weighted by Crippen LogP contribution is 2.50. The fourth-order valence-electron chi connectivity index (χ4n) is 2.47. The van der Waals surface area contributed by atoms with E-state index in [4.69, 9.17) is 0 Å². The van der Waals surface area contributed by atoms with Gasteiger partial charge in [-0.2, -0.15) is 0 Å². The van der Waals surface area contributed by atoms with Crippen LogP contribution in [0.15, 0.2) is 36.4 Å². The van der Waals surface area contributed by atoms with Crippen molar-refractivity contribution < 1.29 is 15.0 Å². The highest BCUT2D eigenvalue weighted by Gasteiger charge is 2.50. The van der Waals surface area contributed by atoms with Crippen LogP contribution in [0, 0.1) is 5.41 Å². The van der Waals surface area contributed by atoms with Crippen LogP contribution >= 0.6 is 0 Å². The van der Waals surface area contributed by atoms with Crippen molar-refractivity contribution >= 4 is 16.7 Å². The van der Waals surface area contributed by atoms with Crippen LogP contribution in [0.4, 0.5) is 0 Å². The molecule has 1 saturated carbocycles. The number of benzene rings is 2. The number of hydrogen-bond acceptors (Lipinski definition) is 2. The van der Waals surface area contributed by atoms with Crippen molar-refractivity contribution in [2.24, 2.45) is 5.41 Å². The molecule has 92 valence electrons. The zero-order valence-electron chi connectivity index (χ0n) is 9.89. The number of carboxylic acid groups (broad SMARTS) is 1. The molecule has 0 aromatic heterocycles. The maximum absolute atomic E-state index is 11.3. The Morgan fingerprint density at radius 1 is 1.17 bits per heavy atom. The smallest absolute Gasteiger partial charge is 0.309 e. The van der Waals surface area contributed by atoms with Gasteiger partial charge < -0.3 is 10.2 Å². The Morgan fingerprint density at radius 3 is 2.56 bits per heavy atom. The van der Waals surface area contributed by atoms with E-state index in [-0.39, 0.29) is 5.75 Å². The second-order valence-corrected chi connectivity index (χ2v) is 5.05. The van der Waals surface area contributed by atoms with Crippen LogP contribution in [-0.4, -0.2) is 16.2 Å². The lowest BCUT2D eigenvalue weighted by Gasteiger charge is -2.13. The number of hydrogen-bond donors (Lipinski definition) is 2. The summed E-state index contributed by atoms with van der Waals surface area (Å²) < 4.78 is 0. The normalized spacial score (nSPS) is 16.7. The standard InChI is InChI=1S/C15H14O3/c16-13-6-5-10-3-1-2-4-11(10)12(13)9-15(7-8-15)14(17)18/h1-6,16H,7-9H2,(H,17,18). The van der Waals surface area contributed by atoms with Crippen LogP contribution in [0.25, 0.3) is 10.8 Å². The lowest BCUT2D eigenvalue weighted by atomic mass is 9.92. The summed E-state index contributed by atoms with van der Waals surface area (Å²) in [5.74, 6) is -0.559. The predicted molar refractivity (Wildman–Crippen MR) is 68.6 cm³/mol. The number of carbonyl (C=O) groups is 1. The first-order chi connectivity index (χ1) is 8.62. The number of phenols is 1. The Labute approximate surface area is 105 Å². The van der Waals surface area contributed by atoms with Gasteiger partial charge in [-0.1, -0.05) is 30.3 Å². The van der Waals surface area contributed by atoms with E-state index >= 15 is 0 Å². The van der Waals surface area contributed by atoms with E-state index in [9.17, 15) is 15.0 Å². The maximum Gasteiger partial charge on any atom is 0.309 e. The minimum Gasteiger partial charge on any atom is -0.508 e. The summed E-state index contributed by atoms with van der Waals surface area (Å²) >= 11 is 0. The van der Waals surface area contributed by atoms with E-state index in [1.807, 2.05) is 30.3 Å². The molecule has 0 spiro atoms. The monoisotopic (exact) mass is 242 g/mol. The minimum absolute atomic E-state index is 0.196. The molecule has 3 rings (SSSR count). The molecule has 0 aliphatic heterocycles. The number of aliphatic carboxylic acids is 1. The molecule has 0 saturated heterocycles. The third-order valence-corrected chi connectivity index (χ3v) is 3.84. The molecule has 2 N–H and O–H groups in total. The number of phenolic OH excluding ortho intramolecular Hbond substituents is 1. The molecule has 3 nitrogen and oxygen atoms in total. The third-order valence-electron chi connectivity index (χ3n) is 3.84. The fourth-order valence-corrected chi connectivity index (χ4v) is 2.47. The van der Waals surface area contributed by atoms with Gasteiger partial charge in [-0.15, -0.1) is 0 Å². The van der Waals surface area contributed by atoms with Crippen molar-refractivity contribution in [3.05, 3.63) is 42.0 Å². The van der Waals surface area contributed by atoms with Gasteiger partial charge in [-0.05, 0) is 36.1 Å². The Balaban J connectivity index is 2.11. The van der Waals surface area contributed by atoms with Gasteiger partial charge in [0.15, 0.2) is 0 Å². The lowest BCUT2D eigenvalue weighted by molar-refractivity contribution is -0.143. The fraction of sp³-hybridized carbons (Fsp3) is 0.267. The number of aromatic hydroxyl groups is 1. The lowest BCUT2D eigenvalue weighted by Crippen LogP contribution is -2.17. The summed E-state index contributed by atoms with van der Waals surface area (Å²) in [5.41, 5.74) is 0.106. The molecule has 2 aromatic carbocycles. The zero-order valence-corrected chi connectivity index (χ0v) is 9.89. The van der Waals surface area contributed by atoms with Crippen molar-refractivity contribution in [3.8, 4) is 5.75 Å². The average Bonchev–Trinajstić information content (AvgIpc) is 3.14. The molecule has 0 amide bonds. The quantitative estimate of drug-likeness (QED) is 0.870. The van der Waals surface area contributed by atoms with Crippen molar-refractivity contribution in [2.75, 3.05) is 0 Å². The predicted octanol–water partition coefficient (Wildman–Crippen LogP) is 2.95. The van der Waals surface area contributed by atoms with Crippen LogP contribution in [-0.2, 0) is 11.2 Å². The summed E-state index contributed by atoms with van der Waals surface area (Å²) in [7, 11) is 0. The highest BCUT2D eigenvalue weighted by molar-refractivity contribution is 5.89. The van der Waals surface area contributed by atoms with Crippen LogP contribution in [0.5, 0.6) is 5.75 Å². The summed E-state index contributed by atoms with van der Waals surface area (Å²) in [6.45, 7) is 0. The molecule has 1 fully saturated rings. The second kappa shape index (κ2) is 3.73. The Kier molecular flexibility index (Phi) is 2.30. The number of rotatable bonds is 3. The molecular formula is C15H14O3. The number of carboxylic acids is 1. The number of fused-ring (bicyclic) bond motifs is 1. The molecule has 18 heavy (non-hydrogen) atoms. The summed E-state index contributed by atoms with van der Waals surface area (Å²) in [4.78, 5) is 11.3. The topological polar surface area (TPSA) is 57.5 Å². The maximum atomic E-state index is 11.3. The Hall–Kier alpha value is -2.03. The van der Waals surface area contributed by atoms with Crippen LogP contribution in [0.2, 0.25) is 0 Å². The van der Waals surface area contributed by atoms with Crippen molar-refractivity contribution in [1.82, 2.24) is 0 Å². The molecule has 0 bridgehead atoms. The van der Waals surface area contributed by atoms with Gasteiger partial charge in [0.1, 0.15) is 5.75 Å². The van der Waals surface area contributed by atoms with Crippen LogP contribution in [0.1, 0.15) is 18.4 Å². The highest BCUT2D eigenvalue weighted by atomic mass is 16.4. The first-order valence-corrected chi connectivity index (χ1v) is 6.05. The minimum atomic E-state index is -0.755.